The standard InChI is InChI=1S/C26H35N3O5/c1-27(18-21-9-6-16-34-21)26(31)24(19-7-4-5-8-19)28-12-14-29(15-13-28)25(30)20-10-11-22(32-2)23(17-20)33-3/h6,9-11,16-17,19,24H,4-5,7-8,12-15,18H2,1-3H3. The van der Waals surface area contributed by atoms with Gasteiger partial charge in [0.1, 0.15) is 5.76 Å². The van der Waals surface area contributed by atoms with Crippen molar-refractivity contribution in [2.75, 3.05) is 47.4 Å². The van der Waals surface area contributed by atoms with Crippen LogP contribution in [0.15, 0.2) is 41.0 Å². The summed E-state index contributed by atoms with van der Waals surface area (Å²) >= 11 is 0. The number of ether oxygens (including phenoxy) is 2. The summed E-state index contributed by atoms with van der Waals surface area (Å²) < 4.78 is 16.1. The fourth-order valence-corrected chi connectivity index (χ4v) is 5.22. The first kappa shape index (κ1) is 24.1. The van der Waals surface area contributed by atoms with Gasteiger partial charge in [-0.3, -0.25) is 14.5 Å². The molecule has 2 amide bonds. The molecule has 8 nitrogen and oxygen atoms in total. The predicted octanol–water partition coefficient (Wildman–Crippen LogP) is 3.27. The molecular formula is C26H35N3O5. The number of piperazine rings is 1. The second-order valence-corrected chi connectivity index (χ2v) is 9.16. The molecule has 1 aromatic heterocycles. The van der Waals surface area contributed by atoms with Crippen LogP contribution in [0.5, 0.6) is 11.5 Å². The van der Waals surface area contributed by atoms with Crippen molar-refractivity contribution >= 4 is 11.8 Å². The van der Waals surface area contributed by atoms with Gasteiger partial charge >= 0.3 is 0 Å². The number of carbonyl (C=O) groups is 2. The van der Waals surface area contributed by atoms with Gasteiger partial charge < -0.3 is 23.7 Å². The van der Waals surface area contributed by atoms with Crippen molar-refractivity contribution in [3.05, 3.63) is 47.9 Å². The summed E-state index contributed by atoms with van der Waals surface area (Å²) in [6.45, 7) is 3.00. The van der Waals surface area contributed by atoms with Crippen LogP contribution in [0.4, 0.5) is 0 Å². The number of furan rings is 1. The van der Waals surface area contributed by atoms with Crippen LogP contribution in [0, 0.1) is 5.92 Å². The topological polar surface area (TPSA) is 75.5 Å². The molecule has 184 valence electrons. The highest BCUT2D eigenvalue weighted by atomic mass is 16.5. The highest BCUT2D eigenvalue weighted by Crippen LogP contribution is 2.32. The minimum Gasteiger partial charge on any atom is -0.493 e. The molecule has 0 radical (unpaired) electrons. The summed E-state index contributed by atoms with van der Waals surface area (Å²) in [6.07, 6.45) is 6.14. The van der Waals surface area contributed by atoms with Gasteiger partial charge in [-0.05, 0) is 49.1 Å². The average Bonchev–Trinajstić information content (AvgIpc) is 3.58. The fourth-order valence-electron chi connectivity index (χ4n) is 5.22. The van der Waals surface area contributed by atoms with Gasteiger partial charge in [0.25, 0.3) is 5.91 Å². The lowest BCUT2D eigenvalue weighted by atomic mass is 9.94. The Morgan fingerprint density at radius 2 is 1.76 bits per heavy atom. The highest BCUT2D eigenvalue weighted by molar-refractivity contribution is 5.95. The fraction of sp³-hybridized carbons (Fsp3) is 0.538. The molecule has 1 aromatic carbocycles. The maximum atomic E-state index is 13.6. The monoisotopic (exact) mass is 469 g/mol. The Labute approximate surface area is 201 Å². The normalized spacial score (nSPS) is 18.0. The Kier molecular flexibility index (Phi) is 7.77. The molecule has 1 saturated heterocycles. The van der Waals surface area contributed by atoms with E-state index in [0.717, 1.165) is 18.6 Å². The first-order chi connectivity index (χ1) is 16.5. The molecule has 4 rings (SSSR count). The van der Waals surface area contributed by atoms with Crippen molar-refractivity contribution in [1.29, 1.82) is 0 Å². The van der Waals surface area contributed by atoms with Gasteiger partial charge in [-0.2, -0.15) is 0 Å². The molecule has 1 unspecified atom stereocenters. The van der Waals surface area contributed by atoms with Gasteiger partial charge in [-0.25, -0.2) is 0 Å². The quantitative estimate of drug-likeness (QED) is 0.591. The van der Waals surface area contributed by atoms with Crippen LogP contribution >= 0.6 is 0 Å². The van der Waals surface area contributed by atoms with E-state index in [2.05, 4.69) is 4.90 Å². The molecule has 1 atom stereocenters. The van der Waals surface area contributed by atoms with Gasteiger partial charge in [-0.1, -0.05) is 12.8 Å². The van der Waals surface area contributed by atoms with Crippen molar-refractivity contribution in [3.8, 4) is 11.5 Å². The molecule has 2 heterocycles. The number of hydrogen-bond acceptors (Lipinski definition) is 6. The molecule has 1 aliphatic heterocycles. The van der Waals surface area contributed by atoms with Crippen LogP contribution in [-0.4, -0.2) is 80.0 Å². The number of likely N-dealkylation sites (N-methyl/N-ethyl adjacent to an activating group) is 1. The maximum absolute atomic E-state index is 13.6. The van der Waals surface area contributed by atoms with E-state index in [4.69, 9.17) is 13.9 Å². The Bertz CT molecular complexity index is 963. The number of benzene rings is 1. The summed E-state index contributed by atoms with van der Waals surface area (Å²) in [7, 11) is 4.99. The Balaban J connectivity index is 1.42. The van der Waals surface area contributed by atoms with Crippen molar-refractivity contribution < 1.29 is 23.5 Å². The van der Waals surface area contributed by atoms with Crippen molar-refractivity contribution in [1.82, 2.24) is 14.7 Å². The van der Waals surface area contributed by atoms with Crippen LogP contribution < -0.4 is 9.47 Å². The van der Waals surface area contributed by atoms with Gasteiger partial charge in [0.05, 0.1) is 33.1 Å². The molecule has 34 heavy (non-hydrogen) atoms. The first-order valence-electron chi connectivity index (χ1n) is 12.0. The zero-order valence-electron chi connectivity index (χ0n) is 20.4. The van der Waals surface area contributed by atoms with E-state index in [0.29, 0.717) is 55.7 Å². The van der Waals surface area contributed by atoms with Crippen molar-refractivity contribution in [2.45, 2.75) is 38.3 Å². The van der Waals surface area contributed by atoms with Gasteiger partial charge in [0, 0.05) is 38.8 Å². The summed E-state index contributed by atoms with van der Waals surface area (Å²) in [5.41, 5.74) is 0.577. The molecule has 1 aliphatic carbocycles. The van der Waals surface area contributed by atoms with E-state index in [1.807, 2.05) is 24.1 Å². The number of rotatable bonds is 8. The van der Waals surface area contributed by atoms with E-state index in [9.17, 15) is 9.59 Å². The van der Waals surface area contributed by atoms with E-state index in [-0.39, 0.29) is 17.9 Å². The second-order valence-electron chi connectivity index (χ2n) is 9.16. The van der Waals surface area contributed by atoms with Crippen LogP contribution in [0.25, 0.3) is 0 Å². The highest BCUT2D eigenvalue weighted by Gasteiger charge is 2.38. The third-order valence-electron chi connectivity index (χ3n) is 7.07. The lowest BCUT2D eigenvalue weighted by Gasteiger charge is -2.42. The summed E-state index contributed by atoms with van der Waals surface area (Å²) in [4.78, 5) is 32.6. The molecular weight excluding hydrogens is 434 g/mol. The van der Waals surface area contributed by atoms with Crippen molar-refractivity contribution in [2.24, 2.45) is 5.92 Å². The van der Waals surface area contributed by atoms with Crippen molar-refractivity contribution in [3.63, 3.8) is 0 Å². The first-order valence-corrected chi connectivity index (χ1v) is 12.0. The largest absolute Gasteiger partial charge is 0.493 e. The number of hydrogen-bond donors (Lipinski definition) is 0. The zero-order chi connectivity index (χ0) is 24.1. The van der Waals surface area contributed by atoms with Gasteiger partial charge in [0.2, 0.25) is 5.91 Å². The van der Waals surface area contributed by atoms with Crippen LogP contribution in [0.3, 0.4) is 0 Å². The third kappa shape index (κ3) is 5.22. The lowest BCUT2D eigenvalue weighted by Crippen LogP contribution is -2.58. The average molecular weight is 470 g/mol. The lowest BCUT2D eigenvalue weighted by molar-refractivity contribution is -0.139. The number of methoxy groups -OCH3 is 2. The van der Waals surface area contributed by atoms with Gasteiger partial charge in [-0.15, -0.1) is 0 Å². The van der Waals surface area contributed by atoms with Gasteiger partial charge in [0.15, 0.2) is 11.5 Å². The smallest absolute Gasteiger partial charge is 0.254 e. The molecule has 2 aromatic rings. The van der Waals surface area contributed by atoms with Crippen LogP contribution in [0.2, 0.25) is 0 Å². The minimum absolute atomic E-state index is 0.0284. The summed E-state index contributed by atoms with van der Waals surface area (Å²) in [5, 5.41) is 0. The zero-order valence-corrected chi connectivity index (χ0v) is 20.4. The van der Waals surface area contributed by atoms with E-state index >= 15 is 0 Å². The Morgan fingerprint density at radius 3 is 2.38 bits per heavy atom. The van der Waals surface area contributed by atoms with Crippen LogP contribution in [-0.2, 0) is 11.3 Å². The predicted molar refractivity (Wildman–Crippen MR) is 128 cm³/mol. The van der Waals surface area contributed by atoms with E-state index < -0.39 is 0 Å². The second kappa shape index (κ2) is 11.0. The molecule has 0 N–H and O–H groups in total. The molecule has 0 bridgehead atoms. The maximum Gasteiger partial charge on any atom is 0.254 e. The third-order valence-corrected chi connectivity index (χ3v) is 7.07. The van der Waals surface area contributed by atoms with E-state index in [1.165, 1.54) is 12.8 Å². The molecule has 2 aliphatic rings. The Hall–Kier alpha value is -3.00. The molecule has 2 fully saturated rings. The molecule has 8 heteroatoms. The SMILES string of the molecule is COc1ccc(C(=O)N2CCN(C(C(=O)N(C)Cc3ccco3)C3CCCC3)CC2)cc1OC. The summed E-state index contributed by atoms with van der Waals surface area (Å²) in [5.74, 6) is 2.40. The minimum atomic E-state index is -0.152. The Morgan fingerprint density at radius 1 is 1.06 bits per heavy atom. The van der Waals surface area contributed by atoms with E-state index in [1.54, 1.807) is 43.6 Å². The van der Waals surface area contributed by atoms with Crippen LogP contribution in [0.1, 0.15) is 41.8 Å². The summed E-state index contributed by atoms with van der Waals surface area (Å²) in [6, 6.07) is 8.84. The molecule has 1 saturated carbocycles. The number of carbonyl (C=O) groups excluding carboxylic acids is 2. The number of amides is 2. The molecule has 0 spiro atoms. The number of nitrogens with zero attached hydrogens (tertiary/aromatic N) is 3.